The fourth-order valence-corrected chi connectivity index (χ4v) is 2.92. The molecule has 0 saturated carbocycles. The van der Waals surface area contributed by atoms with Gasteiger partial charge in [-0.1, -0.05) is 29.5 Å². The van der Waals surface area contributed by atoms with Crippen molar-refractivity contribution in [3.05, 3.63) is 47.3 Å². The molecule has 122 valence electrons. The van der Waals surface area contributed by atoms with Crippen LogP contribution in [0.2, 0.25) is 0 Å². The Morgan fingerprint density at radius 1 is 1.35 bits per heavy atom. The zero-order chi connectivity index (χ0) is 16.1. The average Bonchev–Trinajstić information content (AvgIpc) is 3.07. The van der Waals surface area contributed by atoms with Gasteiger partial charge in [0.15, 0.2) is 5.69 Å². The molecule has 2 aromatic rings. The number of aryl methyl sites for hydroxylation is 1. The fourth-order valence-electron chi connectivity index (χ4n) is 2.92. The van der Waals surface area contributed by atoms with E-state index in [1.54, 1.807) is 6.20 Å². The molecule has 1 aliphatic heterocycles. The van der Waals surface area contributed by atoms with E-state index in [4.69, 9.17) is 0 Å². The Morgan fingerprint density at radius 3 is 2.91 bits per heavy atom. The maximum Gasteiger partial charge on any atom is 0.273 e. The summed E-state index contributed by atoms with van der Waals surface area (Å²) >= 11 is 0. The largest absolute Gasteiger partial charge is 0.350 e. The predicted molar refractivity (Wildman–Crippen MR) is 88.4 cm³/mol. The van der Waals surface area contributed by atoms with E-state index in [1.165, 1.54) is 11.1 Å². The number of hydrogen-bond donors (Lipinski definition) is 2. The lowest BCUT2D eigenvalue weighted by Crippen LogP contribution is -2.29. The number of amides is 1. The van der Waals surface area contributed by atoms with Gasteiger partial charge in [0.2, 0.25) is 0 Å². The van der Waals surface area contributed by atoms with E-state index >= 15 is 0 Å². The SMILES string of the molecule is Cc1ccccc1CCNC(=O)c1cn(C2CCNCC2)nn1. The molecular weight excluding hydrogens is 290 g/mol. The van der Waals surface area contributed by atoms with Crippen molar-refractivity contribution in [2.24, 2.45) is 0 Å². The highest BCUT2D eigenvalue weighted by Crippen LogP contribution is 2.17. The quantitative estimate of drug-likeness (QED) is 0.877. The first-order valence-electron chi connectivity index (χ1n) is 8.19. The van der Waals surface area contributed by atoms with Crippen molar-refractivity contribution in [1.29, 1.82) is 0 Å². The van der Waals surface area contributed by atoms with Crippen LogP contribution in [0, 0.1) is 6.92 Å². The van der Waals surface area contributed by atoms with Gasteiger partial charge in [0.25, 0.3) is 5.91 Å². The first kappa shape index (κ1) is 15.7. The maximum atomic E-state index is 12.2. The summed E-state index contributed by atoms with van der Waals surface area (Å²) in [6.07, 6.45) is 4.63. The monoisotopic (exact) mass is 313 g/mol. The van der Waals surface area contributed by atoms with Crippen LogP contribution in [-0.4, -0.2) is 40.5 Å². The number of carbonyl (C=O) groups excluding carboxylic acids is 1. The molecule has 3 rings (SSSR count). The number of benzene rings is 1. The molecule has 0 aliphatic carbocycles. The lowest BCUT2D eigenvalue weighted by Gasteiger charge is -2.22. The highest BCUT2D eigenvalue weighted by Gasteiger charge is 2.18. The minimum absolute atomic E-state index is 0.154. The maximum absolute atomic E-state index is 12.2. The minimum atomic E-state index is -0.154. The highest BCUT2D eigenvalue weighted by atomic mass is 16.2. The molecule has 0 atom stereocenters. The van der Waals surface area contributed by atoms with Gasteiger partial charge in [-0.05, 0) is 50.4 Å². The van der Waals surface area contributed by atoms with Crippen LogP contribution in [0.4, 0.5) is 0 Å². The molecule has 1 aromatic carbocycles. The lowest BCUT2D eigenvalue weighted by atomic mass is 10.1. The third kappa shape index (κ3) is 3.96. The molecule has 1 aromatic heterocycles. The molecule has 1 fully saturated rings. The van der Waals surface area contributed by atoms with Crippen molar-refractivity contribution >= 4 is 5.91 Å². The number of piperidine rings is 1. The number of nitrogens with zero attached hydrogens (tertiary/aromatic N) is 3. The molecule has 0 spiro atoms. The Labute approximate surface area is 136 Å². The van der Waals surface area contributed by atoms with E-state index < -0.39 is 0 Å². The summed E-state index contributed by atoms with van der Waals surface area (Å²) in [6.45, 7) is 4.66. The predicted octanol–water partition coefficient (Wildman–Crippen LogP) is 1.48. The van der Waals surface area contributed by atoms with E-state index in [0.29, 0.717) is 18.3 Å². The molecule has 1 saturated heterocycles. The van der Waals surface area contributed by atoms with Crippen LogP contribution in [0.3, 0.4) is 0 Å². The van der Waals surface area contributed by atoms with Gasteiger partial charge in [0, 0.05) is 6.54 Å². The van der Waals surface area contributed by atoms with Crippen molar-refractivity contribution in [1.82, 2.24) is 25.6 Å². The molecule has 0 bridgehead atoms. The summed E-state index contributed by atoms with van der Waals surface area (Å²) in [5.41, 5.74) is 2.90. The Hall–Kier alpha value is -2.21. The summed E-state index contributed by atoms with van der Waals surface area (Å²) in [5.74, 6) is -0.154. The summed E-state index contributed by atoms with van der Waals surface area (Å²) in [5, 5.41) is 14.4. The zero-order valence-corrected chi connectivity index (χ0v) is 13.5. The van der Waals surface area contributed by atoms with Gasteiger partial charge >= 0.3 is 0 Å². The zero-order valence-electron chi connectivity index (χ0n) is 13.5. The fraction of sp³-hybridized carbons (Fsp3) is 0.471. The second-order valence-electron chi connectivity index (χ2n) is 6.00. The highest BCUT2D eigenvalue weighted by molar-refractivity contribution is 5.91. The van der Waals surface area contributed by atoms with Crippen LogP contribution in [0.5, 0.6) is 0 Å². The van der Waals surface area contributed by atoms with Crippen molar-refractivity contribution < 1.29 is 4.79 Å². The average molecular weight is 313 g/mol. The number of nitrogens with one attached hydrogen (secondary N) is 2. The molecule has 6 nitrogen and oxygen atoms in total. The van der Waals surface area contributed by atoms with Gasteiger partial charge in [0.05, 0.1) is 12.2 Å². The van der Waals surface area contributed by atoms with Gasteiger partial charge in [-0.3, -0.25) is 4.79 Å². The molecule has 1 amide bonds. The van der Waals surface area contributed by atoms with Crippen LogP contribution in [-0.2, 0) is 6.42 Å². The third-order valence-corrected chi connectivity index (χ3v) is 4.37. The topological polar surface area (TPSA) is 71.8 Å². The van der Waals surface area contributed by atoms with E-state index in [-0.39, 0.29) is 5.91 Å². The van der Waals surface area contributed by atoms with Crippen LogP contribution in [0.15, 0.2) is 30.5 Å². The molecule has 0 unspecified atom stereocenters. The third-order valence-electron chi connectivity index (χ3n) is 4.37. The van der Waals surface area contributed by atoms with Crippen molar-refractivity contribution in [3.63, 3.8) is 0 Å². The molecular formula is C17H23N5O. The van der Waals surface area contributed by atoms with Gasteiger partial charge in [-0.15, -0.1) is 5.10 Å². The molecule has 2 heterocycles. The van der Waals surface area contributed by atoms with E-state index in [9.17, 15) is 4.79 Å². The summed E-state index contributed by atoms with van der Waals surface area (Å²) < 4.78 is 1.83. The number of aromatic nitrogens is 3. The first-order valence-corrected chi connectivity index (χ1v) is 8.19. The van der Waals surface area contributed by atoms with E-state index in [0.717, 1.165) is 32.4 Å². The Bertz CT molecular complexity index is 661. The van der Waals surface area contributed by atoms with Crippen molar-refractivity contribution in [2.45, 2.75) is 32.2 Å². The molecule has 1 aliphatic rings. The second-order valence-corrected chi connectivity index (χ2v) is 6.00. The number of rotatable bonds is 5. The summed E-state index contributed by atoms with van der Waals surface area (Å²) in [6, 6.07) is 8.57. The van der Waals surface area contributed by atoms with Gasteiger partial charge < -0.3 is 10.6 Å². The molecule has 0 radical (unpaired) electrons. The molecule has 2 N–H and O–H groups in total. The smallest absolute Gasteiger partial charge is 0.273 e. The van der Waals surface area contributed by atoms with Crippen LogP contribution in [0.1, 0.15) is 40.5 Å². The Balaban J connectivity index is 1.52. The van der Waals surface area contributed by atoms with Gasteiger partial charge in [0.1, 0.15) is 0 Å². The standard InChI is InChI=1S/C17H23N5O/c1-13-4-2-3-5-14(13)6-11-19-17(23)16-12-22(21-20-16)15-7-9-18-10-8-15/h2-5,12,15,18H,6-11H2,1H3,(H,19,23). The van der Waals surface area contributed by atoms with Crippen LogP contribution < -0.4 is 10.6 Å². The summed E-state index contributed by atoms with van der Waals surface area (Å²) in [7, 11) is 0. The van der Waals surface area contributed by atoms with Crippen molar-refractivity contribution in [2.75, 3.05) is 19.6 Å². The normalized spacial score (nSPS) is 15.5. The second kappa shape index (κ2) is 7.37. The Kier molecular flexibility index (Phi) is 5.02. The molecule has 6 heteroatoms. The Morgan fingerprint density at radius 2 is 2.13 bits per heavy atom. The van der Waals surface area contributed by atoms with Gasteiger partial charge in [-0.25, -0.2) is 4.68 Å². The minimum Gasteiger partial charge on any atom is -0.350 e. The molecule has 23 heavy (non-hydrogen) atoms. The summed E-state index contributed by atoms with van der Waals surface area (Å²) in [4.78, 5) is 12.2. The number of carbonyl (C=O) groups is 1. The van der Waals surface area contributed by atoms with Gasteiger partial charge in [-0.2, -0.15) is 0 Å². The van der Waals surface area contributed by atoms with Crippen LogP contribution >= 0.6 is 0 Å². The van der Waals surface area contributed by atoms with Crippen molar-refractivity contribution in [3.8, 4) is 0 Å². The van der Waals surface area contributed by atoms with Crippen LogP contribution in [0.25, 0.3) is 0 Å². The first-order chi connectivity index (χ1) is 11.2. The number of hydrogen-bond acceptors (Lipinski definition) is 4. The van der Waals surface area contributed by atoms with E-state index in [1.807, 2.05) is 16.8 Å². The lowest BCUT2D eigenvalue weighted by molar-refractivity contribution is 0.0949. The van der Waals surface area contributed by atoms with E-state index in [2.05, 4.69) is 40.0 Å².